The molecule has 5 atom stereocenters. The predicted octanol–water partition coefficient (Wildman–Crippen LogP) is 2.79. The normalized spacial score (nSPS) is 50.3. The molecule has 0 radical (unpaired) electrons. The predicted molar refractivity (Wildman–Crippen MR) is 60.3 cm³/mol. The van der Waals surface area contributed by atoms with Gasteiger partial charge in [-0.2, -0.15) is 5.26 Å². The van der Waals surface area contributed by atoms with Crippen molar-refractivity contribution in [2.45, 2.75) is 39.5 Å². The number of hydrogen-bond acceptors (Lipinski definition) is 2. The number of hydrogen-bond donors (Lipinski definition) is 0. The number of carbonyl (C=O) groups is 1. The van der Waals surface area contributed by atoms with Gasteiger partial charge in [0.1, 0.15) is 11.2 Å². The smallest absolute Gasteiger partial charge is 0.150 e. The van der Waals surface area contributed by atoms with Crippen molar-refractivity contribution in [2.75, 3.05) is 0 Å². The Bertz CT molecular complexity index is 379. The third-order valence-electron chi connectivity index (χ3n) is 5.58. The number of rotatable bonds is 2. The summed E-state index contributed by atoms with van der Waals surface area (Å²) in [7, 11) is 0. The van der Waals surface area contributed by atoms with Gasteiger partial charge in [0.05, 0.1) is 6.07 Å². The summed E-state index contributed by atoms with van der Waals surface area (Å²) in [5.74, 6) is 3.39. The second-order valence-corrected chi connectivity index (χ2v) is 6.22. The molecule has 0 aliphatic heterocycles. The van der Waals surface area contributed by atoms with Gasteiger partial charge < -0.3 is 0 Å². The largest absolute Gasteiger partial charge is 0.298 e. The molecule has 16 heavy (non-hydrogen) atoms. The molecule has 0 spiro atoms. The van der Waals surface area contributed by atoms with Gasteiger partial charge in [-0.15, -0.1) is 0 Å². The molecular weight excluding hydrogens is 198 g/mol. The SMILES string of the molecule is CC(=O)C1(C#N)CC2CC1C(C1CC1)C2C. The standard InChI is InChI=1S/C14H19NO/c1-8-11-5-12(13(8)10-3-4-10)14(6-11,7-15)9(2)16/h8,10-13H,3-6H2,1-2H3. The van der Waals surface area contributed by atoms with E-state index in [9.17, 15) is 10.1 Å². The van der Waals surface area contributed by atoms with Crippen LogP contribution in [0.25, 0.3) is 0 Å². The van der Waals surface area contributed by atoms with E-state index in [1.165, 1.54) is 12.8 Å². The summed E-state index contributed by atoms with van der Waals surface area (Å²) < 4.78 is 0. The van der Waals surface area contributed by atoms with Gasteiger partial charge in [0, 0.05) is 0 Å². The summed E-state index contributed by atoms with van der Waals surface area (Å²) in [5.41, 5.74) is -0.607. The van der Waals surface area contributed by atoms with Crippen molar-refractivity contribution >= 4 is 5.78 Å². The van der Waals surface area contributed by atoms with Crippen LogP contribution in [-0.4, -0.2) is 5.78 Å². The van der Waals surface area contributed by atoms with Gasteiger partial charge >= 0.3 is 0 Å². The highest BCUT2D eigenvalue weighted by atomic mass is 16.1. The molecule has 0 aromatic carbocycles. The molecule has 0 amide bonds. The van der Waals surface area contributed by atoms with Gasteiger partial charge in [-0.1, -0.05) is 6.92 Å². The van der Waals surface area contributed by atoms with E-state index in [2.05, 4.69) is 13.0 Å². The Kier molecular flexibility index (Phi) is 2.00. The third-order valence-corrected chi connectivity index (χ3v) is 5.58. The fourth-order valence-corrected chi connectivity index (χ4v) is 4.59. The van der Waals surface area contributed by atoms with Gasteiger partial charge in [0.2, 0.25) is 0 Å². The lowest BCUT2D eigenvalue weighted by Crippen LogP contribution is -2.41. The van der Waals surface area contributed by atoms with E-state index in [1.807, 2.05) is 0 Å². The maximum atomic E-state index is 11.9. The fraction of sp³-hybridized carbons (Fsp3) is 0.857. The average Bonchev–Trinajstić information content (AvgIpc) is 2.93. The van der Waals surface area contributed by atoms with Crippen LogP contribution in [-0.2, 0) is 4.79 Å². The Hall–Kier alpha value is -0.840. The summed E-state index contributed by atoms with van der Waals surface area (Å²) in [4.78, 5) is 11.9. The first-order valence-corrected chi connectivity index (χ1v) is 6.52. The van der Waals surface area contributed by atoms with E-state index in [4.69, 9.17) is 0 Å². The summed E-state index contributed by atoms with van der Waals surface area (Å²) >= 11 is 0. The van der Waals surface area contributed by atoms with Crippen LogP contribution >= 0.6 is 0 Å². The summed E-state index contributed by atoms with van der Waals surface area (Å²) in [6.45, 7) is 3.97. The van der Waals surface area contributed by atoms with Crippen molar-refractivity contribution in [2.24, 2.45) is 35.0 Å². The van der Waals surface area contributed by atoms with Crippen LogP contribution in [0.4, 0.5) is 0 Å². The Morgan fingerprint density at radius 3 is 2.50 bits per heavy atom. The lowest BCUT2D eigenvalue weighted by atomic mass is 9.63. The molecule has 3 fully saturated rings. The van der Waals surface area contributed by atoms with Crippen molar-refractivity contribution in [3.05, 3.63) is 0 Å². The molecule has 3 saturated carbocycles. The van der Waals surface area contributed by atoms with E-state index >= 15 is 0 Å². The molecule has 0 aromatic rings. The number of Topliss-reactive ketones (excluding diaryl/α,β-unsaturated/α-hetero) is 1. The second kappa shape index (κ2) is 3.09. The Morgan fingerprint density at radius 1 is 1.38 bits per heavy atom. The fourth-order valence-electron chi connectivity index (χ4n) is 4.59. The first-order valence-electron chi connectivity index (χ1n) is 6.52. The van der Waals surface area contributed by atoms with E-state index < -0.39 is 5.41 Å². The van der Waals surface area contributed by atoms with E-state index in [0.717, 1.165) is 24.7 Å². The topological polar surface area (TPSA) is 40.9 Å². The zero-order valence-electron chi connectivity index (χ0n) is 10.1. The van der Waals surface area contributed by atoms with Crippen molar-refractivity contribution < 1.29 is 4.79 Å². The average molecular weight is 217 g/mol. The first kappa shape index (κ1) is 10.3. The van der Waals surface area contributed by atoms with E-state index in [-0.39, 0.29) is 5.78 Å². The first-order chi connectivity index (χ1) is 7.60. The number of fused-ring (bicyclic) bond motifs is 2. The monoisotopic (exact) mass is 217 g/mol. The maximum absolute atomic E-state index is 11.9. The number of nitriles is 1. The van der Waals surface area contributed by atoms with Gasteiger partial charge in [0.25, 0.3) is 0 Å². The molecule has 0 aromatic heterocycles. The maximum Gasteiger partial charge on any atom is 0.150 e. The van der Waals surface area contributed by atoms with Crippen molar-refractivity contribution in [3.63, 3.8) is 0 Å². The van der Waals surface area contributed by atoms with Crippen molar-refractivity contribution in [3.8, 4) is 6.07 Å². The van der Waals surface area contributed by atoms with Gasteiger partial charge in [-0.05, 0) is 62.2 Å². The second-order valence-electron chi connectivity index (χ2n) is 6.22. The van der Waals surface area contributed by atoms with Crippen LogP contribution in [0.2, 0.25) is 0 Å². The Balaban J connectivity index is 1.96. The van der Waals surface area contributed by atoms with E-state index in [1.54, 1.807) is 6.92 Å². The molecule has 3 rings (SSSR count). The minimum atomic E-state index is -0.607. The van der Waals surface area contributed by atoms with Crippen LogP contribution < -0.4 is 0 Å². The Labute approximate surface area is 97.0 Å². The molecule has 86 valence electrons. The Morgan fingerprint density at radius 2 is 2.06 bits per heavy atom. The quantitative estimate of drug-likeness (QED) is 0.713. The molecule has 0 heterocycles. The van der Waals surface area contributed by atoms with Crippen LogP contribution in [0.15, 0.2) is 0 Å². The summed E-state index contributed by atoms with van der Waals surface area (Å²) in [5, 5.41) is 9.44. The lowest BCUT2D eigenvalue weighted by Gasteiger charge is -2.38. The number of carbonyl (C=O) groups excluding carboxylic acids is 1. The highest BCUT2D eigenvalue weighted by Crippen LogP contribution is 2.66. The zero-order chi connectivity index (χ0) is 11.5. The molecular formula is C14H19NO. The van der Waals surface area contributed by atoms with Crippen molar-refractivity contribution in [1.29, 1.82) is 5.26 Å². The molecule has 0 saturated heterocycles. The molecule has 5 unspecified atom stereocenters. The summed E-state index contributed by atoms with van der Waals surface area (Å²) in [6, 6.07) is 2.39. The van der Waals surface area contributed by atoms with Gasteiger partial charge in [-0.3, -0.25) is 4.79 Å². The van der Waals surface area contributed by atoms with Crippen LogP contribution in [0, 0.1) is 46.3 Å². The minimum absolute atomic E-state index is 0.125. The zero-order valence-corrected chi connectivity index (χ0v) is 10.1. The molecule has 2 nitrogen and oxygen atoms in total. The molecule has 3 aliphatic rings. The molecule has 2 heteroatoms. The number of ketones is 1. The number of nitrogens with zero attached hydrogens (tertiary/aromatic N) is 1. The highest BCUT2D eigenvalue weighted by Gasteiger charge is 2.63. The highest BCUT2D eigenvalue weighted by molar-refractivity contribution is 5.86. The van der Waals surface area contributed by atoms with Crippen molar-refractivity contribution in [1.82, 2.24) is 0 Å². The van der Waals surface area contributed by atoms with Crippen LogP contribution in [0.5, 0.6) is 0 Å². The van der Waals surface area contributed by atoms with Crippen LogP contribution in [0.3, 0.4) is 0 Å². The molecule has 3 aliphatic carbocycles. The van der Waals surface area contributed by atoms with Gasteiger partial charge in [0.15, 0.2) is 0 Å². The lowest BCUT2D eigenvalue weighted by molar-refractivity contribution is -0.127. The van der Waals surface area contributed by atoms with Gasteiger partial charge in [-0.25, -0.2) is 0 Å². The third kappa shape index (κ3) is 1.09. The molecule has 2 bridgehead atoms. The van der Waals surface area contributed by atoms with E-state index in [0.29, 0.717) is 17.8 Å². The van der Waals surface area contributed by atoms with Crippen LogP contribution in [0.1, 0.15) is 39.5 Å². The summed E-state index contributed by atoms with van der Waals surface area (Å²) in [6.07, 6.45) is 4.64. The molecule has 0 N–H and O–H groups in total. The minimum Gasteiger partial charge on any atom is -0.298 e.